The van der Waals surface area contributed by atoms with Gasteiger partial charge in [-0.3, -0.25) is 0 Å². The van der Waals surface area contributed by atoms with E-state index in [4.69, 9.17) is 4.42 Å². The summed E-state index contributed by atoms with van der Waals surface area (Å²) in [5.41, 5.74) is 3.03. The molecular weight excluding hydrogens is 212 g/mol. The molecule has 0 atom stereocenters. The SMILES string of the molecule is CCCCNc1ccc2oc(C3CC3)nc2c1. The molecule has 1 heterocycles. The Morgan fingerprint density at radius 1 is 1.41 bits per heavy atom. The van der Waals surface area contributed by atoms with E-state index in [0.717, 1.165) is 29.2 Å². The third kappa shape index (κ3) is 2.28. The summed E-state index contributed by atoms with van der Waals surface area (Å²) in [7, 11) is 0. The molecule has 0 saturated heterocycles. The monoisotopic (exact) mass is 230 g/mol. The predicted molar refractivity (Wildman–Crippen MR) is 69.4 cm³/mol. The molecular formula is C14H18N2O. The van der Waals surface area contributed by atoms with E-state index < -0.39 is 0 Å². The number of nitrogens with one attached hydrogen (secondary N) is 1. The molecule has 2 aromatic rings. The van der Waals surface area contributed by atoms with Crippen LogP contribution in [-0.2, 0) is 0 Å². The van der Waals surface area contributed by atoms with Crippen LogP contribution in [0.3, 0.4) is 0 Å². The number of aromatic nitrogens is 1. The van der Waals surface area contributed by atoms with E-state index in [1.165, 1.54) is 25.7 Å². The molecule has 1 N–H and O–H groups in total. The van der Waals surface area contributed by atoms with Gasteiger partial charge in [-0.05, 0) is 37.5 Å². The van der Waals surface area contributed by atoms with Crippen molar-refractivity contribution in [2.24, 2.45) is 0 Å². The van der Waals surface area contributed by atoms with Gasteiger partial charge in [-0.1, -0.05) is 13.3 Å². The minimum absolute atomic E-state index is 0.582. The molecule has 1 aliphatic carbocycles. The number of anilines is 1. The summed E-state index contributed by atoms with van der Waals surface area (Å²) in [6.07, 6.45) is 4.87. The Morgan fingerprint density at radius 2 is 2.29 bits per heavy atom. The van der Waals surface area contributed by atoms with Gasteiger partial charge in [0.05, 0.1) is 0 Å². The van der Waals surface area contributed by atoms with Crippen LogP contribution in [-0.4, -0.2) is 11.5 Å². The molecule has 1 aromatic heterocycles. The summed E-state index contributed by atoms with van der Waals surface area (Å²) < 4.78 is 5.73. The fraction of sp³-hybridized carbons (Fsp3) is 0.500. The normalized spacial score (nSPS) is 15.4. The molecule has 0 radical (unpaired) electrons. The van der Waals surface area contributed by atoms with E-state index in [0.29, 0.717) is 5.92 Å². The summed E-state index contributed by atoms with van der Waals surface area (Å²) in [4.78, 5) is 4.56. The Kier molecular flexibility index (Phi) is 2.75. The topological polar surface area (TPSA) is 38.1 Å². The fourth-order valence-corrected chi connectivity index (χ4v) is 1.97. The van der Waals surface area contributed by atoms with Gasteiger partial charge in [-0.25, -0.2) is 4.98 Å². The van der Waals surface area contributed by atoms with Crippen molar-refractivity contribution in [3.05, 3.63) is 24.1 Å². The quantitative estimate of drug-likeness (QED) is 0.791. The van der Waals surface area contributed by atoms with Crippen LogP contribution in [0.5, 0.6) is 0 Å². The lowest BCUT2D eigenvalue weighted by Gasteiger charge is -2.03. The molecule has 1 saturated carbocycles. The van der Waals surface area contributed by atoms with Gasteiger partial charge >= 0.3 is 0 Å². The highest BCUT2D eigenvalue weighted by atomic mass is 16.3. The molecule has 0 unspecified atom stereocenters. The second-order valence-electron chi connectivity index (χ2n) is 4.79. The summed E-state index contributed by atoms with van der Waals surface area (Å²) >= 11 is 0. The Labute approximate surface area is 101 Å². The predicted octanol–water partition coefficient (Wildman–Crippen LogP) is 3.92. The first kappa shape index (κ1) is 10.6. The summed E-state index contributed by atoms with van der Waals surface area (Å²) in [5.74, 6) is 1.50. The van der Waals surface area contributed by atoms with Crippen molar-refractivity contribution >= 4 is 16.8 Å². The van der Waals surface area contributed by atoms with E-state index in [9.17, 15) is 0 Å². The first-order chi connectivity index (χ1) is 8.36. The molecule has 3 nitrogen and oxygen atoms in total. The van der Waals surface area contributed by atoms with Gasteiger partial charge in [0.2, 0.25) is 0 Å². The average Bonchev–Trinajstić information content (AvgIpc) is 3.10. The van der Waals surface area contributed by atoms with Crippen LogP contribution in [0.15, 0.2) is 22.6 Å². The van der Waals surface area contributed by atoms with Crippen molar-refractivity contribution in [3.8, 4) is 0 Å². The largest absolute Gasteiger partial charge is 0.440 e. The van der Waals surface area contributed by atoms with Crippen molar-refractivity contribution in [1.29, 1.82) is 0 Å². The lowest BCUT2D eigenvalue weighted by molar-refractivity contribution is 0.533. The number of rotatable bonds is 5. The molecule has 1 aromatic carbocycles. The van der Waals surface area contributed by atoms with E-state index in [-0.39, 0.29) is 0 Å². The number of nitrogens with zero attached hydrogens (tertiary/aromatic N) is 1. The van der Waals surface area contributed by atoms with Crippen molar-refractivity contribution < 1.29 is 4.42 Å². The fourth-order valence-electron chi connectivity index (χ4n) is 1.97. The van der Waals surface area contributed by atoms with Crippen LogP contribution in [0.1, 0.15) is 44.4 Å². The van der Waals surface area contributed by atoms with Crippen LogP contribution in [0.25, 0.3) is 11.1 Å². The van der Waals surface area contributed by atoms with E-state index in [1.807, 2.05) is 6.07 Å². The molecule has 1 aliphatic rings. The lowest BCUT2D eigenvalue weighted by atomic mass is 10.2. The van der Waals surface area contributed by atoms with Gasteiger partial charge < -0.3 is 9.73 Å². The number of oxazole rings is 1. The zero-order valence-corrected chi connectivity index (χ0v) is 10.2. The molecule has 0 spiro atoms. The van der Waals surface area contributed by atoms with Gasteiger partial charge in [0.25, 0.3) is 0 Å². The molecule has 17 heavy (non-hydrogen) atoms. The molecule has 0 amide bonds. The van der Waals surface area contributed by atoms with E-state index >= 15 is 0 Å². The maximum absolute atomic E-state index is 5.73. The van der Waals surface area contributed by atoms with E-state index in [2.05, 4.69) is 29.4 Å². The maximum atomic E-state index is 5.73. The van der Waals surface area contributed by atoms with Gasteiger partial charge in [-0.2, -0.15) is 0 Å². The molecule has 0 bridgehead atoms. The van der Waals surface area contributed by atoms with Gasteiger partial charge in [0.1, 0.15) is 5.52 Å². The summed E-state index contributed by atoms with van der Waals surface area (Å²) in [6, 6.07) is 6.17. The zero-order valence-electron chi connectivity index (χ0n) is 10.2. The molecule has 3 rings (SSSR count). The Balaban J connectivity index is 1.79. The highest BCUT2D eigenvalue weighted by molar-refractivity contribution is 5.77. The van der Waals surface area contributed by atoms with Crippen LogP contribution in [0.2, 0.25) is 0 Å². The number of hydrogen-bond acceptors (Lipinski definition) is 3. The highest BCUT2D eigenvalue weighted by Gasteiger charge is 2.28. The summed E-state index contributed by atoms with van der Waals surface area (Å²) in [5, 5.41) is 3.41. The van der Waals surface area contributed by atoms with Crippen molar-refractivity contribution in [2.75, 3.05) is 11.9 Å². The third-order valence-corrected chi connectivity index (χ3v) is 3.19. The number of fused-ring (bicyclic) bond motifs is 1. The second-order valence-corrected chi connectivity index (χ2v) is 4.79. The first-order valence-corrected chi connectivity index (χ1v) is 6.51. The van der Waals surface area contributed by atoms with Crippen molar-refractivity contribution in [3.63, 3.8) is 0 Å². The second kappa shape index (κ2) is 4.40. The lowest BCUT2D eigenvalue weighted by Crippen LogP contribution is -2.00. The Morgan fingerprint density at radius 3 is 3.06 bits per heavy atom. The van der Waals surface area contributed by atoms with Crippen LogP contribution < -0.4 is 5.32 Å². The van der Waals surface area contributed by atoms with Gasteiger partial charge in [0, 0.05) is 18.2 Å². The van der Waals surface area contributed by atoms with E-state index in [1.54, 1.807) is 0 Å². The van der Waals surface area contributed by atoms with Crippen LogP contribution in [0, 0.1) is 0 Å². The molecule has 1 fully saturated rings. The summed E-state index contributed by atoms with van der Waals surface area (Å²) in [6.45, 7) is 3.22. The number of hydrogen-bond donors (Lipinski definition) is 1. The molecule has 0 aliphatic heterocycles. The standard InChI is InChI=1S/C14H18N2O/c1-2-3-8-15-11-6-7-13-12(9-11)16-14(17-13)10-4-5-10/h6-7,9-10,15H,2-5,8H2,1H3. The minimum Gasteiger partial charge on any atom is -0.440 e. The van der Waals surface area contributed by atoms with Crippen LogP contribution in [0.4, 0.5) is 5.69 Å². The molecule has 3 heteroatoms. The Bertz CT molecular complexity index is 514. The Hall–Kier alpha value is -1.51. The zero-order chi connectivity index (χ0) is 11.7. The molecule has 90 valence electrons. The average molecular weight is 230 g/mol. The van der Waals surface area contributed by atoms with Crippen molar-refractivity contribution in [2.45, 2.75) is 38.5 Å². The minimum atomic E-state index is 0.582. The maximum Gasteiger partial charge on any atom is 0.198 e. The number of benzene rings is 1. The first-order valence-electron chi connectivity index (χ1n) is 6.51. The smallest absolute Gasteiger partial charge is 0.198 e. The van der Waals surface area contributed by atoms with Crippen LogP contribution >= 0.6 is 0 Å². The highest BCUT2D eigenvalue weighted by Crippen LogP contribution is 2.40. The third-order valence-electron chi connectivity index (χ3n) is 3.19. The van der Waals surface area contributed by atoms with Gasteiger partial charge in [0.15, 0.2) is 11.5 Å². The van der Waals surface area contributed by atoms with Crippen molar-refractivity contribution in [1.82, 2.24) is 4.98 Å². The number of unbranched alkanes of at least 4 members (excludes halogenated alkanes) is 1. The van der Waals surface area contributed by atoms with Gasteiger partial charge in [-0.15, -0.1) is 0 Å².